The van der Waals surface area contributed by atoms with Crippen LogP contribution in [0.5, 0.6) is 0 Å². The van der Waals surface area contributed by atoms with E-state index in [9.17, 15) is 0 Å². The van der Waals surface area contributed by atoms with Crippen LogP contribution < -0.4 is 0 Å². The van der Waals surface area contributed by atoms with Gasteiger partial charge in [0.1, 0.15) is 0 Å². The summed E-state index contributed by atoms with van der Waals surface area (Å²) >= 11 is 12.0. The van der Waals surface area contributed by atoms with Gasteiger partial charge in [0.15, 0.2) is 10.3 Å². The summed E-state index contributed by atoms with van der Waals surface area (Å²) in [6.07, 6.45) is 3.92. The van der Waals surface area contributed by atoms with Crippen LogP contribution in [0.3, 0.4) is 0 Å². The second kappa shape index (κ2) is 5.52. The van der Waals surface area contributed by atoms with Crippen molar-refractivity contribution in [2.45, 2.75) is 39.5 Å². The third-order valence-corrected chi connectivity index (χ3v) is 2.70. The maximum Gasteiger partial charge on any atom is 0.155 e. The number of hydrogen-bond acceptors (Lipinski definition) is 2. The van der Waals surface area contributed by atoms with E-state index < -0.39 is 0 Å². The van der Waals surface area contributed by atoms with Crippen molar-refractivity contribution < 1.29 is 0 Å². The summed E-state index contributed by atoms with van der Waals surface area (Å²) in [6.45, 7) is 4.22. The van der Waals surface area contributed by atoms with Crippen LogP contribution in [0.2, 0.25) is 10.3 Å². The summed E-state index contributed by atoms with van der Waals surface area (Å²) in [4.78, 5) is 0. The molecule has 0 bridgehead atoms. The van der Waals surface area contributed by atoms with Crippen molar-refractivity contribution in [2.24, 2.45) is 0 Å². The van der Waals surface area contributed by atoms with Crippen molar-refractivity contribution in [1.29, 1.82) is 0 Å². The largest absolute Gasteiger partial charge is 0.155 e. The van der Waals surface area contributed by atoms with Crippen LogP contribution in [0.4, 0.5) is 0 Å². The SMILES string of the molecule is CCCc1c(Cl)nnc(Cl)c1CCC. The number of rotatable bonds is 4. The third-order valence-electron chi connectivity index (χ3n) is 2.09. The average molecular weight is 233 g/mol. The van der Waals surface area contributed by atoms with Gasteiger partial charge in [-0.05, 0) is 24.0 Å². The van der Waals surface area contributed by atoms with E-state index in [4.69, 9.17) is 23.2 Å². The summed E-state index contributed by atoms with van der Waals surface area (Å²) in [5, 5.41) is 8.65. The second-order valence-electron chi connectivity index (χ2n) is 3.24. The van der Waals surface area contributed by atoms with Crippen LogP contribution in [0.1, 0.15) is 37.8 Å². The molecular formula is C10H14Cl2N2. The molecule has 1 heterocycles. The van der Waals surface area contributed by atoms with E-state index in [2.05, 4.69) is 24.0 Å². The van der Waals surface area contributed by atoms with E-state index in [1.807, 2.05) is 0 Å². The highest BCUT2D eigenvalue weighted by atomic mass is 35.5. The first kappa shape index (κ1) is 11.7. The van der Waals surface area contributed by atoms with E-state index in [0.29, 0.717) is 10.3 Å². The first-order chi connectivity index (χ1) is 6.70. The average Bonchev–Trinajstić information content (AvgIpc) is 2.17. The van der Waals surface area contributed by atoms with Gasteiger partial charge in [-0.2, -0.15) is 0 Å². The molecule has 0 fully saturated rings. The summed E-state index contributed by atoms with van der Waals surface area (Å²) in [7, 11) is 0. The lowest BCUT2D eigenvalue weighted by Crippen LogP contribution is -2.01. The topological polar surface area (TPSA) is 25.8 Å². The zero-order valence-electron chi connectivity index (χ0n) is 8.48. The van der Waals surface area contributed by atoms with Gasteiger partial charge in [-0.1, -0.05) is 49.9 Å². The molecule has 1 aromatic rings. The quantitative estimate of drug-likeness (QED) is 0.792. The molecule has 0 radical (unpaired) electrons. The Hall–Kier alpha value is -0.340. The van der Waals surface area contributed by atoms with E-state index in [0.717, 1.165) is 36.8 Å². The molecular weight excluding hydrogens is 219 g/mol. The van der Waals surface area contributed by atoms with Gasteiger partial charge < -0.3 is 0 Å². The minimum atomic E-state index is 0.500. The number of nitrogens with zero attached hydrogens (tertiary/aromatic N) is 2. The van der Waals surface area contributed by atoms with Crippen LogP contribution in [-0.2, 0) is 12.8 Å². The van der Waals surface area contributed by atoms with Crippen molar-refractivity contribution in [3.8, 4) is 0 Å². The van der Waals surface area contributed by atoms with Gasteiger partial charge in [-0.25, -0.2) is 0 Å². The third kappa shape index (κ3) is 2.58. The van der Waals surface area contributed by atoms with E-state index in [1.54, 1.807) is 0 Å². The predicted octanol–water partition coefficient (Wildman–Crippen LogP) is 3.69. The highest BCUT2D eigenvalue weighted by molar-refractivity contribution is 6.32. The zero-order valence-corrected chi connectivity index (χ0v) is 9.99. The Morgan fingerprint density at radius 3 is 1.50 bits per heavy atom. The summed E-state index contributed by atoms with van der Waals surface area (Å²) in [5.74, 6) is 0. The molecule has 78 valence electrons. The summed E-state index contributed by atoms with van der Waals surface area (Å²) in [6, 6.07) is 0. The molecule has 0 saturated heterocycles. The lowest BCUT2D eigenvalue weighted by molar-refractivity contribution is 0.829. The fraction of sp³-hybridized carbons (Fsp3) is 0.600. The van der Waals surface area contributed by atoms with Gasteiger partial charge in [-0.3, -0.25) is 0 Å². The maximum absolute atomic E-state index is 5.98. The standard InChI is InChI=1S/C10H14Cl2N2/c1-3-5-7-8(6-4-2)10(12)14-13-9(7)11/h3-6H2,1-2H3. The Balaban J connectivity index is 3.12. The van der Waals surface area contributed by atoms with Gasteiger partial charge in [0, 0.05) is 0 Å². The Morgan fingerprint density at radius 1 is 0.857 bits per heavy atom. The molecule has 4 heteroatoms. The molecule has 0 amide bonds. The summed E-state index contributed by atoms with van der Waals surface area (Å²) < 4.78 is 0. The smallest absolute Gasteiger partial charge is 0.137 e. The van der Waals surface area contributed by atoms with Crippen LogP contribution >= 0.6 is 23.2 Å². The molecule has 14 heavy (non-hydrogen) atoms. The van der Waals surface area contributed by atoms with Crippen LogP contribution in [0.15, 0.2) is 0 Å². The number of aromatic nitrogens is 2. The molecule has 1 aromatic heterocycles. The van der Waals surface area contributed by atoms with Gasteiger partial charge in [0.2, 0.25) is 0 Å². The highest BCUT2D eigenvalue weighted by Gasteiger charge is 2.12. The van der Waals surface area contributed by atoms with E-state index in [1.165, 1.54) is 0 Å². The van der Waals surface area contributed by atoms with Gasteiger partial charge in [0.25, 0.3) is 0 Å². The van der Waals surface area contributed by atoms with E-state index >= 15 is 0 Å². The van der Waals surface area contributed by atoms with Gasteiger partial charge >= 0.3 is 0 Å². The Bertz CT molecular complexity index is 282. The van der Waals surface area contributed by atoms with Crippen molar-refractivity contribution in [3.05, 3.63) is 21.4 Å². The molecule has 0 aliphatic rings. The Morgan fingerprint density at radius 2 is 1.21 bits per heavy atom. The minimum absolute atomic E-state index is 0.500. The van der Waals surface area contributed by atoms with Crippen LogP contribution in [-0.4, -0.2) is 10.2 Å². The zero-order chi connectivity index (χ0) is 10.6. The Labute approximate surface area is 94.6 Å². The first-order valence-corrected chi connectivity index (χ1v) is 5.65. The molecule has 0 aromatic carbocycles. The predicted molar refractivity (Wildman–Crippen MR) is 60.0 cm³/mol. The van der Waals surface area contributed by atoms with Crippen LogP contribution in [0, 0.1) is 0 Å². The molecule has 0 spiro atoms. The molecule has 0 atom stereocenters. The number of hydrogen-bond donors (Lipinski definition) is 0. The van der Waals surface area contributed by atoms with Crippen molar-refractivity contribution in [3.63, 3.8) is 0 Å². The van der Waals surface area contributed by atoms with Gasteiger partial charge in [-0.15, -0.1) is 10.2 Å². The van der Waals surface area contributed by atoms with E-state index in [-0.39, 0.29) is 0 Å². The Kier molecular flexibility index (Phi) is 4.63. The normalized spacial score (nSPS) is 10.6. The molecule has 1 rings (SSSR count). The lowest BCUT2D eigenvalue weighted by Gasteiger charge is -2.09. The molecule has 0 unspecified atom stereocenters. The summed E-state index contributed by atoms with van der Waals surface area (Å²) in [5.41, 5.74) is 2.13. The lowest BCUT2D eigenvalue weighted by atomic mass is 10.0. The fourth-order valence-electron chi connectivity index (χ4n) is 1.47. The molecule has 0 aliphatic heterocycles. The van der Waals surface area contributed by atoms with Crippen LogP contribution in [0.25, 0.3) is 0 Å². The second-order valence-corrected chi connectivity index (χ2v) is 3.95. The first-order valence-electron chi connectivity index (χ1n) is 4.90. The maximum atomic E-state index is 5.98. The number of halogens is 2. The van der Waals surface area contributed by atoms with Gasteiger partial charge in [0.05, 0.1) is 0 Å². The van der Waals surface area contributed by atoms with Crippen molar-refractivity contribution in [2.75, 3.05) is 0 Å². The monoisotopic (exact) mass is 232 g/mol. The highest BCUT2D eigenvalue weighted by Crippen LogP contribution is 2.25. The van der Waals surface area contributed by atoms with Crippen molar-refractivity contribution >= 4 is 23.2 Å². The fourth-order valence-corrected chi connectivity index (χ4v) is 1.96. The molecule has 0 saturated carbocycles. The molecule has 0 aliphatic carbocycles. The molecule has 2 nitrogen and oxygen atoms in total. The van der Waals surface area contributed by atoms with Crippen molar-refractivity contribution in [1.82, 2.24) is 10.2 Å². The minimum Gasteiger partial charge on any atom is -0.137 e. The molecule has 0 N–H and O–H groups in total.